The van der Waals surface area contributed by atoms with Gasteiger partial charge >= 0.3 is 0 Å². The number of hydrogen-bond donors (Lipinski definition) is 0. The summed E-state index contributed by atoms with van der Waals surface area (Å²) < 4.78 is 5.31. The average molecular weight is 492 g/mol. The number of rotatable bonds is 5. The molecule has 0 aliphatic carbocycles. The first kappa shape index (κ1) is 21.6. The lowest BCUT2D eigenvalue weighted by Crippen LogP contribution is -2.19. The molecule has 5 aromatic rings. The van der Waals surface area contributed by atoms with Crippen molar-refractivity contribution in [3.05, 3.63) is 96.0 Å². The lowest BCUT2D eigenvalue weighted by Gasteiger charge is -2.07. The molecular weight excluding hydrogens is 470 g/mol. The largest absolute Gasteiger partial charge is 0.297 e. The summed E-state index contributed by atoms with van der Waals surface area (Å²) in [5.74, 6) is 0. The van der Waals surface area contributed by atoms with Crippen molar-refractivity contribution in [2.75, 3.05) is 0 Å². The van der Waals surface area contributed by atoms with Crippen molar-refractivity contribution in [1.82, 2.24) is 14.0 Å². The molecule has 6 nitrogen and oxygen atoms in total. The van der Waals surface area contributed by atoms with Gasteiger partial charge in [0.2, 0.25) is 4.80 Å². The summed E-state index contributed by atoms with van der Waals surface area (Å²) in [5, 5.41) is 10.9. The number of para-hydroxylation sites is 1. The fourth-order valence-electron chi connectivity index (χ4n) is 3.49. The Kier molecular flexibility index (Phi) is 5.84. The van der Waals surface area contributed by atoms with E-state index in [0.29, 0.717) is 10.5 Å². The van der Waals surface area contributed by atoms with E-state index in [1.165, 1.54) is 16.9 Å². The van der Waals surface area contributed by atoms with Gasteiger partial charge in [0.25, 0.3) is 5.56 Å². The minimum Gasteiger partial charge on any atom is -0.283 e. The summed E-state index contributed by atoms with van der Waals surface area (Å²) >= 11 is 4.77. The van der Waals surface area contributed by atoms with E-state index in [1.807, 2.05) is 76.7 Å². The zero-order valence-electron chi connectivity index (χ0n) is 18.3. The zero-order valence-corrected chi connectivity index (χ0v) is 20.7. The molecule has 0 bridgehead atoms. The standard InChI is InChI=1S/C24H21N5OS3/c1-16-11-13-32-21(16)14-25-28-19(20-10-7-12-31-20)15-33-24(28)26-22-17(2)27(3)29(23(22)30)18-8-5-4-6-9-18/h4-15H,1-3H3. The van der Waals surface area contributed by atoms with E-state index in [9.17, 15) is 4.79 Å². The van der Waals surface area contributed by atoms with Crippen LogP contribution in [-0.2, 0) is 7.05 Å². The summed E-state index contributed by atoms with van der Waals surface area (Å²) in [7, 11) is 1.88. The Morgan fingerprint density at radius 1 is 0.939 bits per heavy atom. The van der Waals surface area contributed by atoms with Crippen LogP contribution in [0.4, 0.5) is 5.69 Å². The fourth-order valence-corrected chi connectivity index (χ4v) is 5.90. The van der Waals surface area contributed by atoms with E-state index in [0.717, 1.165) is 26.8 Å². The van der Waals surface area contributed by atoms with Crippen LogP contribution in [0.5, 0.6) is 0 Å². The van der Waals surface area contributed by atoms with Gasteiger partial charge < -0.3 is 0 Å². The van der Waals surface area contributed by atoms with E-state index in [2.05, 4.69) is 24.4 Å². The van der Waals surface area contributed by atoms with Crippen molar-refractivity contribution in [2.24, 2.45) is 17.1 Å². The monoisotopic (exact) mass is 491 g/mol. The molecule has 0 saturated carbocycles. The number of aryl methyl sites for hydroxylation is 1. The van der Waals surface area contributed by atoms with Crippen molar-refractivity contribution in [3.8, 4) is 16.3 Å². The Morgan fingerprint density at radius 2 is 1.76 bits per heavy atom. The second-order valence-corrected chi connectivity index (χ2v) is 10.2. The van der Waals surface area contributed by atoms with E-state index in [4.69, 9.17) is 10.1 Å². The molecule has 0 unspecified atom stereocenters. The Balaban J connectivity index is 1.69. The molecule has 0 radical (unpaired) electrons. The number of hydrogen-bond acceptors (Lipinski definition) is 6. The maximum Gasteiger partial charge on any atom is 0.297 e. The second-order valence-electron chi connectivity index (χ2n) is 7.43. The number of benzene rings is 1. The summed E-state index contributed by atoms with van der Waals surface area (Å²) in [6, 6.07) is 15.8. The van der Waals surface area contributed by atoms with Gasteiger partial charge in [-0.2, -0.15) is 5.10 Å². The van der Waals surface area contributed by atoms with Crippen LogP contribution >= 0.6 is 34.0 Å². The van der Waals surface area contributed by atoms with Gasteiger partial charge in [0, 0.05) is 12.4 Å². The molecule has 1 aromatic carbocycles. The summed E-state index contributed by atoms with van der Waals surface area (Å²) in [6.45, 7) is 3.98. The first-order valence-corrected chi connectivity index (χ1v) is 12.9. The van der Waals surface area contributed by atoms with Crippen molar-refractivity contribution < 1.29 is 0 Å². The first-order chi connectivity index (χ1) is 16.0. The van der Waals surface area contributed by atoms with E-state index in [1.54, 1.807) is 27.4 Å². The van der Waals surface area contributed by atoms with Crippen LogP contribution in [0, 0.1) is 13.8 Å². The van der Waals surface area contributed by atoms with Crippen LogP contribution < -0.4 is 10.4 Å². The third-order valence-corrected chi connectivity index (χ3v) is 8.04. The van der Waals surface area contributed by atoms with Gasteiger partial charge in [-0.1, -0.05) is 24.3 Å². The molecule has 4 heterocycles. The lowest BCUT2D eigenvalue weighted by atomic mass is 10.3. The molecule has 0 spiro atoms. The molecular formula is C24H21N5OS3. The third kappa shape index (κ3) is 3.99. The molecule has 0 N–H and O–H groups in total. The van der Waals surface area contributed by atoms with Crippen molar-refractivity contribution in [2.45, 2.75) is 13.8 Å². The quantitative estimate of drug-likeness (QED) is 0.297. The highest BCUT2D eigenvalue weighted by Gasteiger charge is 2.17. The van der Waals surface area contributed by atoms with E-state index in [-0.39, 0.29) is 5.56 Å². The molecule has 0 amide bonds. The minimum atomic E-state index is -0.156. The van der Waals surface area contributed by atoms with Crippen LogP contribution in [0.25, 0.3) is 16.3 Å². The van der Waals surface area contributed by atoms with Crippen LogP contribution in [0.15, 0.2) is 79.6 Å². The van der Waals surface area contributed by atoms with Crippen molar-refractivity contribution in [3.63, 3.8) is 0 Å². The molecule has 33 heavy (non-hydrogen) atoms. The van der Waals surface area contributed by atoms with Gasteiger partial charge in [-0.25, -0.2) is 14.4 Å². The van der Waals surface area contributed by atoms with Crippen molar-refractivity contribution in [1.29, 1.82) is 0 Å². The summed E-state index contributed by atoms with van der Waals surface area (Å²) in [6.07, 6.45) is 1.86. The Hall–Kier alpha value is -3.27. The van der Waals surface area contributed by atoms with Gasteiger partial charge in [-0.15, -0.1) is 34.0 Å². The van der Waals surface area contributed by atoms with Gasteiger partial charge in [0.15, 0.2) is 5.69 Å². The lowest BCUT2D eigenvalue weighted by molar-refractivity contribution is 0.630. The maximum absolute atomic E-state index is 13.4. The average Bonchev–Trinajstić information content (AvgIpc) is 3.60. The predicted octanol–water partition coefficient (Wildman–Crippen LogP) is 5.56. The minimum absolute atomic E-state index is 0.156. The highest BCUT2D eigenvalue weighted by Crippen LogP contribution is 2.26. The zero-order chi connectivity index (χ0) is 22.9. The number of nitrogens with zero attached hydrogens (tertiary/aromatic N) is 5. The smallest absolute Gasteiger partial charge is 0.283 e. The van der Waals surface area contributed by atoms with Crippen LogP contribution in [0.1, 0.15) is 16.1 Å². The topological polar surface area (TPSA) is 56.6 Å². The molecule has 9 heteroatoms. The van der Waals surface area contributed by atoms with Crippen molar-refractivity contribution >= 4 is 45.9 Å². The maximum atomic E-state index is 13.4. The Labute approximate surface area is 202 Å². The molecule has 0 saturated heterocycles. The molecule has 4 aromatic heterocycles. The molecule has 5 rings (SSSR count). The highest BCUT2D eigenvalue weighted by atomic mass is 32.1. The van der Waals surface area contributed by atoms with Gasteiger partial charge in [-0.05, 0) is 54.4 Å². The van der Waals surface area contributed by atoms with Crippen LogP contribution in [-0.4, -0.2) is 20.3 Å². The summed E-state index contributed by atoms with van der Waals surface area (Å²) in [4.78, 5) is 21.0. The molecule has 0 atom stereocenters. The van der Waals surface area contributed by atoms with Gasteiger partial charge in [-0.3, -0.25) is 9.48 Å². The van der Waals surface area contributed by atoms with Gasteiger partial charge in [0.1, 0.15) is 0 Å². The first-order valence-electron chi connectivity index (χ1n) is 10.3. The number of thiazole rings is 1. The molecule has 166 valence electrons. The van der Waals surface area contributed by atoms with Crippen LogP contribution in [0.3, 0.4) is 0 Å². The third-order valence-electron chi connectivity index (χ3n) is 5.38. The summed E-state index contributed by atoms with van der Waals surface area (Å²) in [5.41, 5.74) is 3.99. The molecule has 0 fully saturated rings. The Morgan fingerprint density at radius 3 is 2.45 bits per heavy atom. The molecule has 0 aliphatic heterocycles. The number of thiophene rings is 2. The van der Waals surface area contributed by atoms with E-state index < -0.39 is 0 Å². The second kappa shape index (κ2) is 8.93. The fraction of sp³-hybridized carbons (Fsp3) is 0.125. The van der Waals surface area contributed by atoms with Crippen LogP contribution in [0.2, 0.25) is 0 Å². The highest BCUT2D eigenvalue weighted by molar-refractivity contribution is 7.14. The normalized spacial score (nSPS) is 12.3. The molecule has 0 aliphatic rings. The van der Waals surface area contributed by atoms with E-state index >= 15 is 0 Å². The number of aromatic nitrogens is 3. The Bertz CT molecular complexity index is 1560. The predicted molar refractivity (Wildman–Crippen MR) is 139 cm³/mol. The SMILES string of the molecule is Cc1ccsc1C=Nn1c(-c2cccs2)csc1=Nc1c(C)n(C)n(-c2ccccc2)c1=O. The van der Waals surface area contributed by atoms with Gasteiger partial charge in [0.05, 0.1) is 33.0 Å².